The number of aromatic nitrogens is 2. The highest BCUT2D eigenvalue weighted by atomic mass is 16.5. The number of hydrogen-bond acceptors (Lipinski definition) is 4. The van der Waals surface area contributed by atoms with Crippen molar-refractivity contribution in [1.29, 1.82) is 0 Å². The lowest BCUT2D eigenvalue weighted by molar-refractivity contribution is 0.411. The van der Waals surface area contributed by atoms with Gasteiger partial charge < -0.3 is 10.1 Å². The van der Waals surface area contributed by atoms with Gasteiger partial charge in [0.05, 0.1) is 19.5 Å². The van der Waals surface area contributed by atoms with Gasteiger partial charge in [-0.05, 0) is 5.92 Å². The SMILES string of the molecule is COc1cnc(NCC(C)C)nc1. The first-order valence-electron chi connectivity index (χ1n) is 4.32. The van der Waals surface area contributed by atoms with E-state index in [1.807, 2.05) is 0 Å². The Morgan fingerprint density at radius 2 is 2.00 bits per heavy atom. The van der Waals surface area contributed by atoms with Gasteiger partial charge in [-0.2, -0.15) is 0 Å². The molecule has 1 heterocycles. The molecule has 72 valence electrons. The summed E-state index contributed by atoms with van der Waals surface area (Å²) in [5.74, 6) is 1.91. The van der Waals surface area contributed by atoms with Crippen LogP contribution in [0.3, 0.4) is 0 Å². The minimum absolute atomic E-state index is 0.589. The largest absolute Gasteiger partial charge is 0.494 e. The fraction of sp³-hybridized carbons (Fsp3) is 0.556. The predicted octanol–water partition coefficient (Wildman–Crippen LogP) is 1.55. The third-order valence-electron chi connectivity index (χ3n) is 1.53. The Bertz CT molecular complexity index is 246. The Kier molecular flexibility index (Phi) is 3.49. The molecule has 0 spiro atoms. The molecule has 0 amide bonds. The van der Waals surface area contributed by atoms with E-state index in [0.717, 1.165) is 6.54 Å². The lowest BCUT2D eigenvalue weighted by Crippen LogP contribution is -2.10. The molecule has 0 atom stereocenters. The van der Waals surface area contributed by atoms with Crippen LogP contribution in [0.5, 0.6) is 5.75 Å². The first-order chi connectivity index (χ1) is 6.22. The number of nitrogens with zero attached hydrogens (tertiary/aromatic N) is 2. The molecule has 0 aromatic carbocycles. The zero-order valence-corrected chi connectivity index (χ0v) is 8.24. The van der Waals surface area contributed by atoms with Crippen LogP contribution in [0, 0.1) is 5.92 Å². The van der Waals surface area contributed by atoms with Crippen molar-refractivity contribution in [2.24, 2.45) is 5.92 Å². The molecule has 1 aromatic heterocycles. The van der Waals surface area contributed by atoms with Crippen LogP contribution in [0.2, 0.25) is 0 Å². The molecule has 0 saturated heterocycles. The Morgan fingerprint density at radius 1 is 1.38 bits per heavy atom. The number of nitrogens with one attached hydrogen (secondary N) is 1. The highest BCUT2D eigenvalue weighted by Crippen LogP contribution is 2.07. The van der Waals surface area contributed by atoms with Gasteiger partial charge in [0, 0.05) is 6.54 Å². The average molecular weight is 181 g/mol. The molecule has 0 aliphatic rings. The van der Waals surface area contributed by atoms with Gasteiger partial charge in [-0.15, -0.1) is 0 Å². The van der Waals surface area contributed by atoms with E-state index in [-0.39, 0.29) is 0 Å². The van der Waals surface area contributed by atoms with Crippen molar-refractivity contribution in [2.75, 3.05) is 19.0 Å². The van der Waals surface area contributed by atoms with Crippen molar-refractivity contribution < 1.29 is 4.74 Å². The van der Waals surface area contributed by atoms with Crippen molar-refractivity contribution in [2.45, 2.75) is 13.8 Å². The molecule has 13 heavy (non-hydrogen) atoms. The Labute approximate surface area is 78.4 Å². The summed E-state index contributed by atoms with van der Waals surface area (Å²) in [6, 6.07) is 0. The minimum atomic E-state index is 0.589. The van der Waals surface area contributed by atoms with Gasteiger partial charge in [-0.3, -0.25) is 0 Å². The summed E-state index contributed by atoms with van der Waals surface area (Å²) in [7, 11) is 1.60. The van der Waals surface area contributed by atoms with Gasteiger partial charge in [-0.25, -0.2) is 9.97 Å². The van der Waals surface area contributed by atoms with E-state index >= 15 is 0 Å². The molecule has 0 fully saturated rings. The molecule has 1 N–H and O–H groups in total. The second kappa shape index (κ2) is 4.64. The van der Waals surface area contributed by atoms with Crippen LogP contribution < -0.4 is 10.1 Å². The molecular weight excluding hydrogens is 166 g/mol. The van der Waals surface area contributed by atoms with Crippen molar-refractivity contribution in [3.63, 3.8) is 0 Å². The Balaban J connectivity index is 2.49. The summed E-state index contributed by atoms with van der Waals surface area (Å²) in [6.45, 7) is 5.15. The van der Waals surface area contributed by atoms with Gasteiger partial charge in [0.1, 0.15) is 0 Å². The van der Waals surface area contributed by atoms with Crippen LogP contribution in [0.1, 0.15) is 13.8 Å². The van der Waals surface area contributed by atoms with Crippen molar-refractivity contribution in [1.82, 2.24) is 9.97 Å². The molecule has 0 aliphatic carbocycles. The lowest BCUT2D eigenvalue weighted by atomic mass is 10.2. The molecule has 1 aromatic rings. The Hall–Kier alpha value is -1.32. The van der Waals surface area contributed by atoms with Crippen LogP contribution in [0.25, 0.3) is 0 Å². The normalized spacial score (nSPS) is 10.2. The van der Waals surface area contributed by atoms with Crippen molar-refractivity contribution in [3.8, 4) is 5.75 Å². The van der Waals surface area contributed by atoms with E-state index in [1.165, 1.54) is 0 Å². The third kappa shape index (κ3) is 3.27. The van der Waals surface area contributed by atoms with E-state index < -0.39 is 0 Å². The summed E-state index contributed by atoms with van der Waals surface area (Å²) >= 11 is 0. The molecule has 0 unspecified atom stereocenters. The quantitative estimate of drug-likeness (QED) is 0.765. The predicted molar refractivity (Wildman–Crippen MR) is 51.9 cm³/mol. The molecule has 0 saturated carbocycles. The van der Waals surface area contributed by atoms with Gasteiger partial charge in [0.15, 0.2) is 5.75 Å². The zero-order chi connectivity index (χ0) is 9.68. The molecule has 4 nitrogen and oxygen atoms in total. The van der Waals surface area contributed by atoms with E-state index in [0.29, 0.717) is 17.6 Å². The van der Waals surface area contributed by atoms with Gasteiger partial charge in [0.25, 0.3) is 0 Å². The van der Waals surface area contributed by atoms with E-state index in [2.05, 4.69) is 29.1 Å². The maximum absolute atomic E-state index is 4.94. The highest BCUT2D eigenvalue weighted by Gasteiger charge is 1.97. The summed E-state index contributed by atoms with van der Waals surface area (Å²) in [6.07, 6.45) is 3.30. The molecule has 4 heteroatoms. The standard InChI is InChI=1S/C9H15N3O/c1-7(2)4-10-9-11-5-8(13-3)6-12-9/h5-7H,4H2,1-3H3,(H,10,11,12). The zero-order valence-electron chi connectivity index (χ0n) is 8.24. The maximum atomic E-state index is 4.94. The molecule has 0 bridgehead atoms. The number of anilines is 1. The maximum Gasteiger partial charge on any atom is 0.222 e. The fourth-order valence-corrected chi connectivity index (χ4v) is 0.808. The molecule has 0 aliphatic heterocycles. The number of hydrogen-bond donors (Lipinski definition) is 1. The fourth-order valence-electron chi connectivity index (χ4n) is 0.808. The monoisotopic (exact) mass is 181 g/mol. The molecule has 0 radical (unpaired) electrons. The van der Waals surface area contributed by atoms with E-state index in [4.69, 9.17) is 4.74 Å². The van der Waals surface area contributed by atoms with Crippen LogP contribution in [0.15, 0.2) is 12.4 Å². The summed E-state index contributed by atoms with van der Waals surface area (Å²) in [5.41, 5.74) is 0. The molecular formula is C9H15N3O. The summed E-state index contributed by atoms with van der Waals surface area (Å²) in [4.78, 5) is 8.15. The first kappa shape index (κ1) is 9.77. The van der Waals surface area contributed by atoms with Crippen LogP contribution >= 0.6 is 0 Å². The third-order valence-corrected chi connectivity index (χ3v) is 1.53. The topological polar surface area (TPSA) is 47.0 Å². The number of ether oxygens (including phenoxy) is 1. The average Bonchev–Trinajstić information content (AvgIpc) is 2.15. The minimum Gasteiger partial charge on any atom is -0.494 e. The smallest absolute Gasteiger partial charge is 0.222 e. The second-order valence-corrected chi connectivity index (χ2v) is 3.22. The Morgan fingerprint density at radius 3 is 2.46 bits per heavy atom. The van der Waals surface area contributed by atoms with E-state index in [1.54, 1.807) is 19.5 Å². The number of methoxy groups -OCH3 is 1. The van der Waals surface area contributed by atoms with Crippen LogP contribution in [0.4, 0.5) is 5.95 Å². The van der Waals surface area contributed by atoms with Crippen LogP contribution in [-0.4, -0.2) is 23.6 Å². The summed E-state index contributed by atoms with van der Waals surface area (Å²) in [5, 5.41) is 3.12. The van der Waals surface area contributed by atoms with Crippen molar-refractivity contribution in [3.05, 3.63) is 12.4 Å². The van der Waals surface area contributed by atoms with Crippen molar-refractivity contribution >= 4 is 5.95 Å². The lowest BCUT2D eigenvalue weighted by Gasteiger charge is -2.06. The first-order valence-corrected chi connectivity index (χ1v) is 4.32. The van der Waals surface area contributed by atoms with Gasteiger partial charge in [0.2, 0.25) is 5.95 Å². The number of rotatable bonds is 4. The van der Waals surface area contributed by atoms with Gasteiger partial charge in [-0.1, -0.05) is 13.8 Å². The van der Waals surface area contributed by atoms with Crippen LogP contribution in [-0.2, 0) is 0 Å². The van der Waals surface area contributed by atoms with E-state index in [9.17, 15) is 0 Å². The van der Waals surface area contributed by atoms with Gasteiger partial charge >= 0.3 is 0 Å². The summed E-state index contributed by atoms with van der Waals surface area (Å²) < 4.78 is 4.94. The molecule has 1 rings (SSSR count). The highest BCUT2D eigenvalue weighted by molar-refractivity contribution is 5.26. The second-order valence-electron chi connectivity index (χ2n) is 3.22.